The van der Waals surface area contributed by atoms with Gasteiger partial charge in [0.1, 0.15) is 0 Å². The first-order valence-corrected chi connectivity index (χ1v) is 4.44. The molecular weight excluding hydrogens is 150 g/mol. The minimum atomic E-state index is 0.259. The van der Waals surface area contributed by atoms with Crippen LogP contribution in [0.3, 0.4) is 0 Å². The fourth-order valence-corrected chi connectivity index (χ4v) is 1.12. The van der Waals surface area contributed by atoms with Gasteiger partial charge in [-0.3, -0.25) is 11.3 Å². The van der Waals surface area contributed by atoms with Gasteiger partial charge >= 0.3 is 0 Å². The average Bonchev–Trinajstić information content (AvgIpc) is 2.11. The van der Waals surface area contributed by atoms with Crippen LogP contribution >= 0.6 is 0 Å². The van der Waals surface area contributed by atoms with Crippen LogP contribution in [0.4, 0.5) is 0 Å². The predicted molar refractivity (Wildman–Crippen MR) is 53.7 cm³/mol. The summed E-state index contributed by atoms with van der Waals surface area (Å²) in [6.45, 7) is 7.31. The molecule has 0 saturated heterocycles. The molecule has 0 aliphatic heterocycles. The maximum absolute atomic E-state index is 5.43. The molecule has 0 fully saturated rings. The number of allylic oxidation sites excluding steroid dienone is 1. The molecule has 0 heterocycles. The molecule has 72 valence electrons. The second-order valence-electron chi connectivity index (χ2n) is 3.09. The molecule has 0 saturated carbocycles. The summed E-state index contributed by atoms with van der Waals surface area (Å²) in [5.74, 6) is 5.43. The Morgan fingerprint density at radius 2 is 2.00 bits per heavy atom. The summed E-state index contributed by atoms with van der Waals surface area (Å²) >= 11 is 0. The van der Waals surface area contributed by atoms with E-state index in [4.69, 9.17) is 5.84 Å². The molecule has 0 aromatic heterocycles. The van der Waals surface area contributed by atoms with Crippen LogP contribution in [0.5, 0.6) is 0 Å². The van der Waals surface area contributed by atoms with Crippen molar-refractivity contribution in [2.24, 2.45) is 5.84 Å². The van der Waals surface area contributed by atoms with E-state index in [1.54, 1.807) is 0 Å². The molecule has 1 atom stereocenters. The first-order valence-electron chi connectivity index (χ1n) is 4.44. The Bertz CT molecular complexity index is 152. The summed E-state index contributed by atoms with van der Waals surface area (Å²) in [7, 11) is 1.93. The van der Waals surface area contributed by atoms with Gasteiger partial charge in [0.2, 0.25) is 0 Å². The van der Waals surface area contributed by atoms with Gasteiger partial charge in [-0.15, -0.1) is 0 Å². The van der Waals surface area contributed by atoms with E-state index in [1.807, 2.05) is 7.05 Å². The number of hydrazine groups is 1. The predicted octanol–water partition coefficient (Wildman–Crippen LogP) is 0.784. The van der Waals surface area contributed by atoms with Gasteiger partial charge < -0.3 is 5.32 Å². The average molecular weight is 171 g/mol. The zero-order chi connectivity index (χ0) is 9.56. The summed E-state index contributed by atoms with van der Waals surface area (Å²) < 4.78 is 0. The fraction of sp³-hybridized carbons (Fsp3) is 0.778. The van der Waals surface area contributed by atoms with Gasteiger partial charge in [0.05, 0.1) is 6.04 Å². The second kappa shape index (κ2) is 6.17. The summed E-state index contributed by atoms with van der Waals surface area (Å²) in [5.41, 5.74) is 5.55. The van der Waals surface area contributed by atoms with Crippen molar-refractivity contribution in [3.63, 3.8) is 0 Å². The quantitative estimate of drug-likeness (QED) is 0.325. The summed E-state index contributed by atoms with van der Waals surface area (Å²) in [5, 5.41) is 3.10. The lowest BCUT2D eigenvalue weighted by molar-refractivity contribution is 0.555. The molecular formula is C9H21N3. The Labute approximate surface area is 75.4 Å². The lowest BCUT2D eigenvalue weighted by Crippen LogP contribution is -2.42. The Hall–Kier alpha value is -0.380. The molecule has 3 heteroatoms. The Morgan fingerprint density at radius 3 is 2.33 bits per heavy atom. The van der Waals surface area contributed by atoms with Crippen LogP contribution in [-0.2, 0) is 0 Å². The Morgan fingerprint density at radius 1 is 1.42 bits per heavy atom. The monoisotopic (exact) mass is 171 g/mol. The largest absolute Gasteiger partial charge is 0.318 e. The van der Waals surface area contributed by atoms with Crippen molar-refractivity contribution in [3.8, 4) is 0 Å². The summed E-state index contributed by atoms with van der Waals surface area (Å²) in [4.78, 5) is 0. The molecule has 3 nitrogen and oxygen atoms in total. The zero-order valence-corrected chi connectivity index (χ0v) is 8.57. The van der Waals surface area contributed by atoms with Crippen LogP contribution in [-0.4, -0.2) is 19.6 Å². The van der Waals surface area contributed by atoms with Crippen molar-refractivity contribution in [3.05, 3.63) is 11.1 Å². The molecule has 1 unspecified atom stereocenters. The van der Waals surface area contributed by atoms with E-state index in [0.29, 0.717) is 0 Å². The fourth-order valence-electron chi connectivity index (χ4n) is 1.12. The summed E-state index contributed by atoms with van der Waals surface area (Å²) in [6.07, 6.45) is 1.09. The molecule has 12 heavy (non-hydrogen) atoms. The van der Waals surface area contributed by atoms with Crippen LogP contribution in [0.1, 0.15) is 27.2 Å². The van der Waals surface area contributed by atoms with E-state index in [1.165, 1.54) is 11.1 Å². The van der Waals surface area contributed by atoms with Gasteiger partial charge in [-0.25, -0.2) is 0 Å². The molecule has 4 N–H and O–H groups in total. The van der Waals surface area contributed by atoms with Gasteiger partial charge in [-0.05, 0) is 27.3 Å². The maximum Gasteiger partial charge on any atom is 0.0544 e. The highest BCUT2D eigenvalue weighted by molar-refractivity contribution is 5.15. The van der Waals surface area contributed by atoms with Gasteiger partial charge in [0.25, 0.3) is 0 Å². The topological polar surface area (TPSA) is 50.1 Å². The Kier molecular flexibility index (Phi) is 5.98. The number of nitrogens with two attached hydrogens (primary N) is 1. The third kappa shape index (κ3) is 3.34. The highest BCUT2D eigenvalue weighted by Crippen LogP contribution is 2.10. The van der Waals surface area contributed by atoms with Crippen molar-refractivity contribution < 1.29 is 0 Å². The lowest BCUT2D eigenvalue weighted by atomic mass is 10.0. The van der Waals surface area contributed by atoms with Crippen molar-refractivity contribution >= 4 is 0 Å². The first-order chi connectivity index (χ1) is 5.67. The molecule has 0 amide bonds. The van der Waals surface area contributed by atoms with Crippen molar-refractivity contribution in [2.75, 3.05) is 13.6 Å². The zero-order valence-electron chi connectivity index (χ0n) is 8.57. The minimum absolute atomic E-state index is 0.259. The van der Waals surface area contributed by atoms with Crippen molar-refractivity contribution in [2.45, 2.75) is 33.2 Å². The van der Waals surface area contributed by atoms with E-state index in [0.717, 1.165) is 13.0 Å². The van der Waals surface area contributed by atoms with Gasteiger partial charge in [-0.1, -0.05) is 18.1 Å². The van der Waals surface area contributed by atoms with Crippen LogP contribution in [0, 0.1) is 0 Å². The first kappa shape index (κ1) is 11.6. The van der Waals surface area contributed by atoms with Gasteiger partial charge in [0, 0.05) is 6.54 Å². The standard InChI is InChI=1S/C9H21N3/c1-5-7(2)8(3)9(12-10)6-11-4/h9,11-12H,5-6,10H2,1-4H3/b8-7+. The van der Waals surface area contributed by atoms with Crippen molar-refractivity contribution in [1.82, 2.24) is 10.7 Å². The molecule has 0 radical (unpaired) electrons. The third-order valence-corrected chi connectivity index (χ3v) is 2.34. The van der Waals surface area contributed by atoms with Crippen LogP contribution in [0.2, 0.25) is 0 Å². The second-order valence-corrected chi connectivity index (χ2v) is 3.09. The molecule has 0 aromatic rings. The van der Waals surface area contributed by atoms with Crippen LogP contribution < -0.4 is 16.6 Å². The van der Waals surface area contributed by atoms with E-state index in [-0.39, 0.29) is 6.04 Å². The van der Waals surface area contributed by atoms with E-state index in [2.05, 4.69) is 31.5 Å². The van der Waals surface area contributed by atoms with E-state index < -0.39 is 0 Å². The highest BCUT2D eigenvalue weighted by atomic mass is 15.2. The van der Waals surface area contributed by atoms with Crippen molar-refractivity contribution in [1.29, 1.82) is 0 Å². The van der Waals surface area contributed by atoms with Gasteiger partial charge in [-0.2, -0.15) is 0 Å². The molecule has 0 aromatic carbocycles. The lowest BCUT2D eigenvalue weighted by Gasteiger charge is -2.18. The number of hydrogen-bond donors (Lipinski definition) is 3. The highest BCUT2D eigenvalue weighted by Gasteiger charge is 2.08. The number of nitrogens with one attached hydrogen (secondary N) is 2. The molecule has 0 spiro atoms. The smallest absolute Gasteiger partial charge is 0.0544 e. The number of hydrogen-bond acceptors (Lipinski definition) is 3. The van der Waals surface area contributed by atoms with Gasteiger partial charge in [0.15, 0.2) is 0 Å². The van der Waals surface area contributed by atoms with E-state index >= 15 is 0 Å². The third-order valence-electron chi connectivity index (χ3n) is 2.34. The van der Waals surface area contributed by atoms with E-state index in [9.17, 15) is 0 Å². The maximum atomic E-state index is 5.43. The molecule has 0 rings (SSSR count). The Balaban J connectivity index is 4.28. The summed E-state index contributed by atoms with van der Waals surface area (Å²) in [6, 6.07) is 0.259. The number of rotatable bonds is 5. The van der Waals surface area contributed by atoms with Crippen LogP contribution in [0.25, 0.3) is 0 Å². The molecule has 0 aliphatic carbocycles. The number of likely N-dealkylation sites (N-methyl/N-ethyl adjacent to an activating group) is 1. The normalized spacial score (nSPS) is 15.8. The van der Waals surface area contributed by atoms with Crippen LogP contribution in [0.15, 0.2) is 11.1 Å². The molecule has 0 aliphatic rings. The minimum Gasteiger partial charge on any atom is -0.318 e. The molecule has 0 bridgehead atoms. The SMILES string of the molecule is CC/C(C)=C(\C)C(CNC)NN.